The van der Waals surface area contributed by atoms with Crippen molar-refractivity contribution in [3.05, 3.63) is 193 Å². The first-order valence-electron chi connectivity index (χ1n) is 18.7. The lowest BCUT2D eigenvalue weighted by Crippen LogP contribution is -2.15. The lowest BCUT2D eigenvalue weighted by molar-refractivity contribution is 0.666. The summed E-state index contributed by atoms with van der Waals surface area (Å²) in [5, 5.41) is 12.9. The molecule has 0 saturated heterocycles. The fraction of sp³-hybridized carbons (Fsp3) is 0.0566. The molecule has 1 aliphatic rings. The average molecular weight is 673 g/mol. The van der Waals surface area contributed by atoms with E-state index in [0.29, 0.717) is 0 Å². The zero-order valence-corrected chi connectivity index (χ0v) is 29.8. The first-order valence-corrected chi connectivity index (χ1v) is 18.7. The summed E-state index contributed by atoms with van der Waals surface area (Å²) in [6, 6.07) is 67.9. The van der Waals surface area contributed by atoms with E-state index in [9.17, 15) is 0 Å². The van der Waals surface area contributed by atoms with Gasteiger partial charge in [0.2, 0.25) is 0 Å². The molecule has 0 aromatic heterocycles. The van der Waals surface area contributed by atoms with Gasteiger partial charge in [-0.25, -0.2) is 0 Å². The monoisotopic (exact) mass is 672 g/mol. The van der Waals surface area contributed by atoms with Gasteiger partial charge in [-0.1, -0.05) is 184 Å². The highest BCUT2D eigenvalue weighted by Crippen LogP contribution is 2.53. The molecule has 53 heavy (non-hydrogen) atoms. The number of hydrogen-bond acceptors (Lipinski definition) is 0. The highest BCUT2D eigenvalue weighted by Gasteiger charge is 2.37. The molecule has 0 fully saturated rings. The third kappa shape index (κ3) is 4.30. The Morgan fingerprint density at radius 3 is 1.53 bits per heavy atom. The molecule has 1 aliphatic carbocycles. The van der Waals surface area contributed by atoms with Crippen molar-refractivity contribution in [1.29, 1.82) is 0 Å². The first kappa shape index (κ1) is 30.2. The maximum atomic E-state index is 2.47. The first-order chi connectivity index (χ1) is 26.1. The van der Waals surface area contributed by atoms with Crippen LogP contribution in [0.4, 0.5) is 0 Å². The van der Waals surface area contributed by atoms with E-state index in [1.807, 2.05) is 0 Å². The van der Waals surface area contributed by atoms with Crippen LogP contribution >= 0.6 is 0 Å². The quantitative estimate of drug-likeness (QED) is 0.129. The SMILES string of the molecule is CC1(C)c2ccc(-c3c4ccccc4c(-c4ccccc4-c4cc5ccccc5c5ccccc45)c4ccccc34)cc2-c2ccc3ccccc3c21. The van der Waals surface area contributed by atoms with Gasteiger partial charge in [-0.15, -0.1) is 0 Å². The standard InChI is InChI=1S/C53H36/c1-53(2)49-30-28-35(32-48(49)46-29-27-33-15-3-6-18-37(33)52(46)53)50-42-23-11-13-25-44(42)51(45-26-14-12-24-43(45)50)41-22-10-9-21-40(41)47-31-34-16-4-5-17-36(34)38-19-7-8-20-39(38)47/h3-32H,1-2H3. The summed E-state index contributed by atoms with van der Waals surface area (Å²) in [6.07, 6.45) is 0. The van der Waals surface area contributed by atoms with Crippen molar-refractivity contribution in [3.63, 3.8) is 0 Å². The lowest BCUT2D eigenvalue weighted by atomic mass is 9.79. The third-order valence-electron chi connectivity index (χ3n) is 12.0. The Morgan fingerprint density at radius 1 is 0.302 bits per heavy atom. The smallest absolute Gasteiger partial charge is 0.0165 e. The molecule has 0 amide bonds. The van der Waals surface area contributed by atoms with E-state index in [-0.39, 0.29) is 5.41 Å². The van der Waals surface area contributed by atoms with Crippen molar-refractivity contribution in [2.24, 2.45) is 0 Å². The highest BCUT2D eigenvalue weighted by atomic mass is 14.4. The fourth-order valence-corrected chi connectivity index (χ4v) is 9.71. The maximum Gasteiger partial charge on any atom is 0.0165 e. The number of fused-ring (bicyclic) bond motifs is 10. The van der Waals surface area contributed by atoms with Crippen molar-refractivity contribution < 1.29 is 0 Å². The van der Waals surface area contributed by atoms with E-state index in [1.54, 1.807) is 0 Å². The largest absolute Gasteiger partial charge is 0.0616 e. The van der Waals surface area contributed by atoms with E-state index < -0.39 is 0 Å². The molecule has 10 aromatic rings. The summed E-state index contributed by atoms with van der Waals surface area (Å²) in [7, 11) is 0. The average Bonchev–Trinajstić information content (AvgIpc) is 3.45. The summed E-state index contributed by atoms with van der Waals surface area (Å²) in [6.45, 7) is 4.78. The minimum absolute atomic E-state index is 0.0886. The maximum absolute atomic E-state index is 2.47. The molecular formula is C53H36. The lowest BCUT2D eigenvalue weighted by Gasteiger charge is -2.23. The third-order valence-corrected chi connectivity index (χ3v) is 12.0. The summed E-state index contributed by atoms with van der Waals surface area (Å²) >= 11 is 0. The van der Waals surface area contributed by atoms with Crippen LogP contribution in [0.2, 0.25) is 0 Å². The van der Waals surface area contributed by atoms with Crippen LogP contribution in [0.25, 0.3) is 98.4 Å². The molecule has 0 aliphatic heterocycles. The molecule has 10 aromatic carbocycles. The van der Waals surface area contributed by atoms with Crippen molar-refractivity contribution in [2.75, 3.05) is 0 Å². The van der Waals surface area contributed by atoms with E-state index >= 15 is 0 Å². The molecule has 0 nitrogen and oxygen atoms in total. The zero-order chi connectivity index (χ0) is 35.3. The molecule has 11 rings (SSSR count). The Labute approximate surface area is 309 Å². The summed E-state index contributed by atoms with van der Waals surface area (Å²) < 4.78 is 0. The van der Waals surface area contributed by atoms with Gasteiger partial charge >= 0.3 is 0 Å². The Kier molecular flexibility index (Phi) is 6.40. The summed E-state index contributed by atoms with van der Waals surface area (Å²) in [4.78, 5) is 0. The predicted octanol–water partition coefficient (Wildman–Crippen LogP) is 14.8. The number of benzene rings is 10. The normalized spacial score (nSPS) is 13.2. The van der Waals surface area contributed by atoms with Gasteiger partial charge in [0.15, 0.2) is 0 Å². The molecule has 0 spiro atoms. The molecule has 0 N–H and O–H groups in total. The van der Waals surface area contributed by atoms with E-state index in [2.05, 4.69) is 196 Å². The second kappa shape index (κ2) is 11.2. The van der Waals surface area contributed by atoms with Crippen LogP contribution in [0.15, 0.2) is 182 Å². The van der Waals surface area contributed by atoms with Crippen LogP contribution in [-0.2, 0) is 5.41 Å². The second-order valence-electron chi connectivity index (χ2n) is 15.2. The van der Waals surface area contributed by atoms with Crippen molar-refractivity contribution in [3.8, 4) is 44.5 Å². The molecule has 0 heteroatoms. The molecule has 0 bridgehead atoms. The van der Waals surface area contributed by atoms with Gasteiger partial charge in [-0.3, -0.25) is 0 Å². The second-order valence-corrected chi connectivity index (χ2v) is 15.2. The van der Waals surface area contributed by atoms with Crippen LogP contribution in [0.3, 0.4) is 0 Å². The summed E-state index contributed by atoms with van der Waals surface area (Å²) in [5.41, 5.74) is 13.0. The zero-order valence-electron chi connectivity index (χ0n) is 29.8. The van der Waals surface area contributed by atoms with Crippen LogP contribution in [0.1, 0.15) is 25.0 Å². The van der Waals surface area contributed by atoms with E-state index in [1.165, 1.54) is 109 Å². The Bertz CT molecular complexity index is 3080. The molecule has 0 radical (unpaired) electrons. The Hall–Kier alpha value is -6.50. The van der Waals surface area contributed by atoms with Crippen LogP contribution in [0, 0.1) is 0 Å². The van der Waals surface area contributed by atoms with Gasteiger partial charge in [-0.2, -0.15) is 0 Å². The van der Waals surface area contributed by atoms with Gasteiger partial charge in [-0.05, 0) is 122 Å². The predicted molar refractivity (Wildman–Crippen MR) is 228 cm³/mol. The van der Waals surface area contributed by atoms with Gasteiger partial charge in [0.05, 0.1) is 0 Å². The minimum atomic E-state index is -0.0886. The highest BCUT2D eigenvalue weighted by molar-refractivity contribution is 6.24. The molecule has 0 unspecified atom stereocenters. The van der Waals surface area contributed by atoms with Crippen molar-refractivity contribution in [1.82, 2.24) is 0 Å². The molecule has 0 atom stereocenters. The van der Waals surface area contributed by atoms with Gasteiger partial charge in [0.1, 0.15) is 0 Å². The molecule has 0 heterocycles. The molecule has 248 valence electrons. The summed E-state index contributed by atoms with van der Waals surface area (Å²) in [5.74, 6) is 0. The van der Waals surface area contributed by atoms with Crippen LogP contribution in [0.5, 0.6) is 0 Å². The Morgan fingerprint density at radius 2 is 0.830 bits per heavy atom. The van der Waals surface area contributed by atoms with Crippen LogP contribution in [-0.4, -0.2) is 0 Å². The molecule has 0 saturated carbocycles. The van der Waals surface area contributed by atoms with Crippen molar-refractivity contribution in [2.45, 2.75) is 19.3 Å². The number of hydrogen-bond donors (Lipinski definition) is 0. The topological polar surface area (TPSA) is 0 Å². The number of rotatable bonds is 3. The fourth-order valence-electron chi connectivity index (χ4n) is 9.71. The van der Waals surface area contributed by atoms with Gasteiger partial charge in [0, 0.05) is 5.41 Å². The van der Waals surface area contributed by atoms with Crippen molar-refractivity contribution >= 4 is 53.9 Å². The van der Waals surface area contributed by atoms with E-state index in [4.69, 9.17) is 0 Å². The van der Waals surface area contributed by atoms with Gasteiger partial charge in [0.25, 0.3) is 0 Å². The Balaban J connectivity index is 1.19. The minimum Gasteiger partial charge on any atom is -0.0616 e. The van der Waals surface area contributed by atoms with Crippen LogP contribution < -0.4 is 0 Å². The van der Waals surface area contributed by atoms with E-state index in [0.717, 1.165) is 0 Å². The molecular weight excluding hydrogens is 637 g/mol. The van der Waals surface area contributed by atoms with Gasteiger partial charge < -0.3 is 0 Å².